The zero-order chi connectivity index (χ0) is 27.7. The van der Waals surface area contributed by atoms with E-state index in [-0.39, 0.29) is 22.8 Å². The molecule has 0 radical (unpaired) electrons. The van der Waals surface area contributed by atoms with Gasteiger partial charge in [0.15, 0.2) is 27.2 Å². The van der Waals surface area contributed by atoms with Crippen molar-refractivity contribution in [2.24, 2.45) is 7.05 Å². The lowest BCUT2D eigenvalue weighted by Gasteiger charge is -2.13. The number of benzene rings is 3. The van der Waals surface area contributed by atoms with Crippen LogP contribution in [0.15, 0.2) is 71.8 Å². The van der Waals surface area contributed by atoms with E-state index in [0.29, 0.717) is 41.0 Å². The third kappa shape index (κ3) is 5.68. The second-order valence-corrected chi connectivity index (χ2v) is 11.2. The number of ether oxygens (including phenoxy) is 1. The van der Waals surface area contributed by atoms with Crippen LogP contribution in [0.4, 0.5) is 4.39 Å². The van der Waals surface area contributed by atoms with Crippen LogP contribution in [0.5, 0.6) is 11.5 Å². The second kappa shape index (κ2) is 10.3. The minimum Gasteiger partial charge on any atom is -0.481 e. The Morgan fingerprint density at radius 3 is 2.64 bits per heavy atom. The molecular weight excluding hydrogens is 523 g/mol. The normalized spacial score (nSPS) is 11.7. The Morgan fingerprint density at radius 1 is 1.10 bits per heavy atom. The van der Waals surface area contributed by atoms with Crippen LogP contribution in [-0.2, 0) is 34.5 Å². The van der Waals surface area contributed by atoms with E-state index >= 15 is 4.39 Å². The molecule has 200 valence electrons. The number of H-pyrrole nitrogens is 1. The molecule has 0 spiro atoms. The first-order valence-electron chi connectivity index (χ1n) is 12.1. The number of halogens is 1. The van der Waals surface area contributed by atoms with Crippen molar-refractivity contribution < 1.29 is 27.4 Å². The minimum atomic E-state index is -3.82. The Bertz CT molecular complexity index is 1810. The van der Waals surface area contributed by atoms with Crippen molar-refractivity contribution in [2.45, 2.75) is 24.2 Å². The van der Waals surface area contributed by atoms with Crippen molar-refractivity contribution in [1.82, 2.24) is 19.7 Å². The summed E-state index contributed by atoms with van der Waals surface area (Å²) in [5.41, 5.74) is 2.86. The molecule has 2 aromatic heterocycles. The van der Waals surface area contributed by atoms with E-state index in [1.165, 1.54) is 6.07 Å². The molecule has 5 rings (SSSR count). The molecular formula is C28H25FN4O5S. The zero-order valence-electron chi connectivity index (χ0n) is 21.2. The van der Waals surface area contributed by atoms with E-state index in [1.54, 1.807) is 48.3 Å². The predicted molar refractivity (Wildman–Crippen MR) is 143 cm³/mol. The van der Waals surface area contributed by atoms with Crippen LogP contribution >= 0.6 is 0 Å². The fourth-order valence-corrected chi connectivity index (χ4v) is 5.48. The summed E-state index contributed by atoms with van der Waals surface area (Å²) in [5.74, 6) is -0.685. The molecule has 3 aromatic carbocycles. The molecule has 0 atom stereocenters. The lowest BCUT2D eigenvalue weighted by Crippen LogP contribution is -2.03. The van der Waals surface area contributed by atoms with Crippen LogP contribution in [0.25, 0.3) is 22.3 Å². The highest BCUT2D eigenvalue weighted by Gasteiger charge is 2.24. The largest absolute Gasteiger partial charge is 0.481 e. The number of hydrogen-bond acceptors (Lipinski definition) is 6. The summed E-state index contributed by atoms with van der Waals surface area (Å²) < 4.78 is 47.6. The average molecular weight is 549 g/mol. The van der Waals surface area contributed by atoms with Crippen molar-refractivity contribution in [1.29, 1.82) is 0 Å². The molecule has 0 bridgehead atoms. The number of nitrogens with one attached hydrogen (secondary N) is 1. The number of fused-ring (bicyclic) bond motifs is 1. The minimum absolute atomic E-state index is 0.0601. The molecule has 0 aliphatic rings. The van der Waals surface area contributed by atoms with Crippen molar-refractivity contribution in [3.8, 4) is 22.9 Å². The molecule has 39 heavy (non-hydrogen) atoms. The average Bonchev–Trinajstić information content (AvgIpc) is 3.49. The monoisotopic (exact) mass is 548 g/mol. The lowest BCUT2D eigenvalue weighted by molar-refractivity contribution is -0.136. The van der Waals surface area contributed by atoms with Crippen molar-refractivity contribution in [2.75, 3.05) is 6.26 Å². The fourth-order valence-electron chi connectivity index (χ4n) is 4.42. The molecule has 0 saturated carbocycles. The summed E-state index contributed by atoms with van der Waals surface area (Å²) in [6.45, 7) is 0. The Labute approximate surface area is 223 Å². The van der Waals surface area contributed by atoms with E-state index < -0.39 is 21.6 Å². The SMILES string of the molecule is Cn1nc(-c2cccc(Oc3c(F)cc4[nH]ccc4c3S(C)(=O)=O)c2)nc1Cc1cccc(CCC(=O)O)c1. The summed E-state index contributed by atoms with van der Waals surface area (Å²) in [5, 5.41) is 13.8. The molecule has 0 fully saturated rings. The van der Waals surface area contributed by atoms with Crippen molar-refractivity contribution >= 4 is 26.7 Å². The first-order chi connectivity index (χ1) is 18.6. The Hall–Kier alpha value is -4.51. The van der Waals surface area contributed by atoms with Crippen LogP contribution in [0.3, 0.4) is 0 Å². The molecule has 2 N–H and O–H groups in total. The summed E-state index contributed by atoms with van der Waals surface area (Å²) in [6.07, 6.45) is 3.54. The maximum absolute atomic E-state index is 15.0. The van der Waals surface area contributed by atoms with E-state index in [9.17, 15) is 13.2 Å². The molecule has 0 aliphatic heterocycles. The van der Waals surface area contributed by atoms with Gasteiger partial charge in [-0.2, -0.15) is 5.10 Å². The van der Waals surface area contributed by atoms with Crippen LogP contribution in [0, 0.1) is 5.82 Å². The van der Waals surface area contributed by atoms with Gasteiger partial charge in [-0.15, -0.1) is 0 Å². The van der Waals surface area contributed by atoms with Gasteiger partial charge in [-0.05, 0) is 35.7 Å². The van der Waals surface area contributed by atoms with Gasteiger partial charge < -0.3 is 14.8 Å². The van der Waals surface area contributed by atoms with Gasteiger partial charge in [0.05, 0.1) is 0 Å². The second-order valence-electron chi connectivity index (χ2n) is 9.22. The Balaban J connectivity index is 1.42. The van der Waals surface area contributed by atoms with E-state index in [4.69, 9.17) is 9.84 Å². The summed E-state index contributed by atoms with van der Waals surface area (Å²) in [7, 11) is -2.04. The van der Waals surface area contributed by atoms with Gasteiger partial charge in [0, 0.05) is 54.9 Å². The first-order valence-corrected chi connectivity index (χ1v) is 13.9. The number of aryl methyl sites for hydroxylation is 2. The van der Waals surface area contributed by atoms with Gasteiger partial charge in [-0.25, -0.2) is 17.8 Å². The lowest BCUT2D eigenvalue weighted by atomic mass is 10.0. The number of nitrogens with zero attached hydrogens (tertiary/aromatic N) is 3. The van der Waals surface area contributed by atoms with Crippen LogP contribution in [0.2, 0.25) is 0 Å². The quantitative estimate of drug-likeness (QED) is 0.268. The van der Waals surface area contributed by atoms with Gasteiger partial charge in [-0.3, -0.25) is 9.48 Å². The third-order valence-corrected chi connectivity index (χ3v) is 7.38. The number of aromatic amines is 1. The van der Waals surface area contributed by atoms with E-state index in [1.807, 2.05) is 24.3 Å². The molecule has 0 saturated heterocycles. The van der Waals surface area contributed by atoms with E-state index in [0.717, 1.165) is 17.4 Å². The van der Waals surface area contributed by atoms with Gasteiger partial charge in [-0.1, -0.05) is 36.4 Å². The number of aliphatic carboxylic acids is 1. The smallest absolute Gasteiger partial charge is 0.303 e. The number of carbonyl (C=O) groups is 1. The molecule has 11 heteroatoms. The molecule has 0 aliphatic carbocycles. The Kier molecular flexibility index (Phi) is 6.92. The van der Waals surface area contributed by atoms with Crippen molar-refractivity contribution in [3.05, 3.63) is 89.6 Å². The van der Waals surface area contributed by atoms with Crippen LogP contribution in [-0.4, -0.2) is 45.5 Å². The van der Waals surface area contributed by atoms with Gasteiger partial charge >= 0.3 is 5.97 Å². The maximum Gasteiger partial charge on any atom is 0.303 e. The molecule has 5 aromatic rings. The standard InChI is InChI=1S/C28H25FN4O5S/c1-33-24(14-18-6-3-5-17(13-18)9-10-25(34)35)31-28(32-33)19-7-4-8-20(15-19)38-26-22(29)16-23-21(11-12-30-23)27(26)39(2,36)37/h3-8,11-13,15-16,30H,9-10,14H2,1-2H3,(H,34,35). The summed E-state index contributed by atoms with van der Waals surface area (Å²) in [4.78, 5) is 18.2. The van der Waals surface area contributed by atoms with Gasteiger partial charge in [0.25, 0.3) is 0 Å². The molecule has 0 amide bonds. The Morgan fingerprint density at radius 2 is 1.87 bits per heavy atom. The van der Waals surface area contributed by atoms with Crippen molar-refractivity contribution in [3.63, 3.8) is 0 Å². The van der Waals surface area contributed by atoms with Gasteiger partial charge in [0.1, 0.15) is 16.5 Å². The number of carboxylic acids is 1. The number of sulfone groups is 1. The zero-order valence-corrected chi connectivity index (χ0v) is 22.0. The van der Waals surface area contributed by atoms with Crippen LogP contribution < -0.4 is 4.74 Å². The molecule has 9 nitrogen and oxygen atoms in total. The highest BCUT2D eigenvalue weighted by molar-refractivity contribution is 7.91. The predicted octanol–water partition coefficient (Wildman–Crippen LogP) is 4.91. The third-order valence-electron chi connectivity index (χ3n) is 6.24. The fraction of sp³-hybridized carbons (Fsp3) is 0.179. The summed E-state index contributed by atoms with van der Waals surface area (Å²) >= 11 is 0. The number of rotatable bonds is 9. The van der Waals surface area contributed by atoms with E-state index in [2.05, 4.69) is 15.1 Å². The topological polar surface area (TPSA) is 127 Å². The number of aromatic nitrogens is 4. The highest BCUT2D eigenvalue weighted by Crippen LogP contribution is 2.38. The highest BCUT2D eigenvalue weighted by atomic mass is 32.2. The summed E-state index contributed by atoms with van der Waals surface area (Å²) in [6, 6.07) is 17.2. The number of carboxylic acid groups (broad SMARTS) is 1. The number of hydrogen-bond donors (Lipinski definition) is 2. The first kappa shape index (κ1) is 26.1. The maximum atomic E-state index is 15.0. The molecule has 0 unspecified atom stereocenters. The molecule has 2 heterocycles. The van der Waals surface area contributed by atoms with Gasteiger partial charge in [0.2, 0.25) is 0 Å². The van der Waals surface area contributed by atoms with Crippen LogP contribution in [0.1, 0.15) is 23.4 Å².